The normalized spacial score (nSPS) is 16.0. The van der Waals surface area contributed by atoms with E-state index in [4.69, 9.17) is 4.74 Å². The molecule has 116 valence electrons. The summed E-state index contributed by atoms with van der Waals surface area (Å²) in [5, 5.41) is 12.5. The van der Waals surface area contributed by atoms with Gasteiger partial charge in [0.05, 0.1) is 12.7 Å². The molecular weight excluding hydrogens is 281 g/mol. The Hall–Kier alpha value is -1.58. The Kier molecular flexibility index (Phi) is 6.19. The maximum absolute atomic E-state index is 12.4. The Morgan fingerprint density at radius 2 is 1.90 bits per heavy atom. The monoisotopic (exact) mass is 300 g/mol. The molecule has 0 spiro atoms. The third-order valence-electron chi connectivity index (χ3n) is 3.24. The van der Waals surface area contributed by atoms with Crippen LogP contribution in [0.5, 0.6) is 0 Å². The number of nitrogens with one attached hydrogen (secondary N) is 1. The van der Waals surface area contributed by atoms with E-state index in [9.17, 15) is 18.4 Å². The number of rotatable bonds is 7. The summed E-state index contributed by atoms with van der Waals surface area (Å²) in [6, 6.07) is 11.1. The number of nitrogens with zero attached hydrogens (tertiary/aromatic N) is 1. The lowest BCUT2D eigenvalue weighted by molar-refractivity contribution is -0.214. The van der Waals surface area contributed by atoms with Gasteiger partial charge < -0.3 is 4.74 Å². The van der Waals surface area contributed by atoms with Crippen molar-refractivity contribution >= 4 is 0 Å². The number of alkyl halides is 3. The van der Waals surface area contributed by atoms with E-state index in [-0.39, 0.29) is 13.0 Å². The van der Waals surface area contributed by atoms with Crippen LogP contribution in [0.15, 0.2) is 30.3 Å². The second kappa shape index (κ2) is 7.43. The minimum atomic E-state index is -4.39. The lowest BCUT2D eigenvalue weighted by Crippen LogP contribution is -2.42. The summed E-state index contributed by atoms with van der Waals surface area (Å²) in [6.07, 6.45) is -6.09. The predicted octanol–water partition coefficient (Wildman–Crippen LogP) is 3.37. The predicted molar refractivity (Wildman–Crippen MR) is 73.5 cm³/mol. The Morgan fingerprint density at radius 1 is 1.29 bits per heavy atom. The maximum atomic E-state index is 12.4. The molecule has 3 nitrogen and oxygen atoms in total. The summed E-state index contributed by atoms with van der Waals surface area (Å²) in [5.41, 5.74) is -0.320. The molecule has 0 amide bonds. The van der Waals surface area contributed by atoms with Crippen LogP contribution in [-0.4, -0.2) is 25.4 Å². The van der Waals surface area contributed by atoms with E-state index >= 15 is 0 Å². The minimum Gasteiger partial charge on any atom is -0.369 e. The van der Waals surface area contributed by atoms with E-state index in [2.05, 4.69) is 11.4 Å². The fourth-order valence-electron chi connectivity index (χ4n) is 2.00. The van der Waals surface area contributed by atoms with Crippen LogP contribution in [0.25, 0.3) is 0 Å². The van der Waals surface area contributed by atoms with E-state index in [0.29, 0.717) is 6.54 Å². The van der Waals surface area contributed by atoms with Crippen LogP contribution in [0.3, 0.4) is 0 Å². The first-order chi connectivity index (χ1) is 9.85. The zero-order valence-corrected chi connectivity index (χ0v) is 12.1. The third-order valence-corrected chi connectivity index (χ3v) is 3.24. The van der Waals surface area contributed by atoms with Gasteiger partial charge in [-0.25, -0.2) is 0 Å². The lowest BCUT2D eigenvalue weighted by Gasteiger charge is -2.29. The van der Waals surface area contributed by atoms with Crippen molar-refractivity contribution in [3.05, 3.63) is 35.9 Å². The van der Waals surface area contributed by atoms with Gasteiger partial charge in [-0.3, -0.25) is 5.32 Å². The minimum absolute atomic E-state index is 0.141. The number of nitriles is 1. The molecule has 0 saturated carbocycles. The Labute approximate surface area is 122 Å². The van der Waals surface area contributed by atoms with Gasteiger partial charge in [0, 0.05) is 6.42 Å². The molecule has 0 radical (unpaired) electrons. The molecule has 21 heavy (non-hydrogen) atoms. The number of hydrogen-bond donors (Lipinski definition) is 1. The zero-order chi connectivity index (χ0) is 15.9. The van der Waals surface area contributed by atoms with Gasteiger partial charge in [0.1, 0.15) is 5.54 Å². The van der Waals surface area contributed by atoms with Crippen molar-refractivity contribution in [2.75, 3.05) is 13.2 Å². The summed E-state index contributed by atoms with van der Waals surface area (Å²) in [7, 11) is 0. The Bertz CT molecular complexity index is 470. The van der Waals surface area contributed by atoms with Gasteiger partial charge in [-0.1, -0.05) is 37.3 Å². The molecule has 0 aliphatic rings. The van der Waals surface area contributed by atoms with Crippen LogP contribution in [0.4, 0.5) is 13.2 Å². The second-order valence-corrected chi connectivity index (χ2v) is 4.72. The van der Waals surface area contributed by atoms with Crippen molar-refractivity contribution in [1.29, 1.82) is 5.26 Å². The first kappa shape index (κ1) is 17.5. The molecule has 0 bridgehead atoms. The SMILES string of the molecule is CCNC(C#N)(CCOC(C)C(F)(F)F)c1ccccc1. The van der Waals surface area contributed by atoms with E-state index in [0.717, 1.165) is 12.5 Å². The molecule has 1 rings (SSSR count). The van der Waals surface area contributed by atoms with Crippen LogP contribution >= 0.6 is 0 Å². The fourth-order valence-corrected chi connectivity index (χ4v) is 2.00. The Balaban J connectivity index is 2.79. The summed E-state index contributed by atoms with van der Waals surface area (Å²) in [5.74, 6) is 0. The van der Waals surface area contributed by atoms with Gasteiger partial charge in [-0.15, -0.1) is 0 Å². The topological polar surface area (TPSA) is 45.0 Å². The standard InChI is InChI=1S/C15H19F3N2O/c1-3-20-14(11-19,13-7-5-4-6-8-13)9-10-21-12(2)15(16,17)18/h4-8,12,20H,3,9-10H2,1-2H3. The van der Waals surface area contributed by atoms with E-state index < -0.39 is 17.8 Å². The molecule has 0 aromatic heterocycles. The van der Waals surface area contributed by atoms with Crippen molar-refractivity contribution in [2.24, 2.45) is 0 Å². The molecule has 2 atom stereocenters. The maximum Gasteiger partial charge on any atom is 0.414 e. The van der Waals surface area contributed by atoms with Crippen LogP contribution in [-0.2, 0) is 10.3 Å². The molecule has 1 aromatic carbocycles. The van der Waals surface area contributed by atoms with Crippen molar-refractivity contribution in [3.8, 4) is 6.07 Å². The number of ether oxygens (including phenoxy) is 1. The van der Waals surface area contributed by atoms with Gasteiger partial charge >= 0.3 is 6.18 Å². The van der Waals surface area contributed by atoms with Gasteiger partial charge in [-0.2, -0.15) is 18.4 Å². The zero-order valence-electron chi connectivity index (χ0n) is 12.1. The molecule has 2 unspecified atom stereocenters. The van der Waals surface area contributed by atoms with Gasteiger partial charge in [0.2, 0.25) is 0 Å². The van der Waals surface area contributed by atoms with Crippen molar-refractivity contribution in [1.82, 2.24) is 5.32 Å². The van der Waals surface area contributed by atoms with Gasteiger partial charge in [0.25, 0.3) is 0 Å². The smallest absolute Gasteiger partial charge is 0.369 e. The molecule has 6 heteroatoms. The van der Waals surface area contributed by atoms with Crippen LogP contribution in [0.2, 0.25) is 0 Å². The summed E-state index contributed by atoms with van der Waals surface area (Å²) in [6.45, 7) is 3.17. The average Bonchev–Trinajstić information content (AvgIpc) is 2.46. The van der Waals surface area contributed by atoms with E-state index in [1.807, 2.05) is 13.0 Å². The highest BCUT2D eigenvalue weighted by Crippen LogP contribution is 2.27. The first-order valence-electron chi connectivity index (χ1n) is 6.76. The molecule has 0 heterocycles. The first-order valence-corrected chi connectivity index (χ1v) is 6.76. The van der Waals surface area contributed by atoms with Crippen molar-refractivity contribution < 1.29 is 17.9 Å². The molecule has 0 fully saturated rings. The van der Waals surface area contributed by atoms with Crippen LogP contribution in [0.1, 0.15) is 25.8 Å². The van der Waals surface area contributed by atoms with Crippen LogP contribution < -0.4 is 5.32 Å². The molecule has 1 aromatic rings. The van der Waals surface area contributed by atoms with Crippen molar-refractivity contribution in [3.63, 3.8) is 0 Å². The second-order valence-electron chi connectivity index (χ2n) is 4.72. The molecule has 0 saturated heterocycles. The fraction of sp³-hybridized carbons (Fsp3) is 0.533. The lowest BCUT2D eigenvalue weighted by atomic mass is 9.88. The molecule has 0 aliphatic heterocycles. The molecule has 1 N–H and O–H groups in total. The number of benzene rings is 1. The van der Waals surface area contributed by atoms with E-state index in [1.54, 1.807) is 24.3 Å². The Morgan fingerprint density at radius 3 is 2.38 bits per heavy atom. The van der Waals surface area contributed by atoms with Crippen LogP contribution in [0, 0.1) is 11.3 Å². The molecule has 0 aliphatic carbocycles. The summed E-state index contributed by atoms with van der Waals surface area (Å²) >= 11 is 0. The van der Waals surface area contributed by atoms with Crippen molar-refractivity contribution in [2.45, 2.75) is 38.1 Å². The highest BCUT2D eigenvalue weighted by molar-refractivity contribution is 5.31. The number of halogens is 3. The van der Waals surface area contributed by atoms with Gasteiger partial charge in [-0.05, 0) is 19.0 Å². The average molecular weight is 300 g/mol. The largest absolute Gasteiger partial charge is 0.414 e. The highest BCUT2D eigenvalue weighted by Gasteiger charge is 2.38. The molecular formula is C15H19F3N2O. The quantitative estimate of drug-likeness (QED) is 0.839. The third kappa shape index (κ3) is 4.73. The highest BCUT2D eigenvalue weighted by atomic mass is 19.4. The van der Waals surface area contributed by atoms with E-state index in [1.165, 1.54) is 0 Å². The van der Waals surface area contributed by atoms with Gasteiger partial charge in [0.15, 0.2) is 6.10 Å². The summed E-state index contributed by atoms with van der Waals surface area (Å²) in [4.78, 5) is 0. The summed E-state index contributed by atoms with van der Waals surface area (Å²) < 4.78 is 42.1. The number of hydrogen-bond acceptors (Lipinski definition) is 3.